The second-order valence-corrected chi connectivity index (χ2v) is 7.32. The molecule has 7 heteroatoms. The molecule has 0 aliphatic heterocycles. The number of amides is 1. The minimum atomic E-state index is -4.56. The number of hydrogen-bond donors (Lipinski definition) is 0. The Kier molecular flexibility index (Phi) is 5.53. The van der Waals surface area contributed by atoms with E-state index in [4.69, 9.17) is 11.6 Å². The number of carbonyl (C=O) groups is 2. The van der Waals surface area contributed by atoms with Crippen molar-refractivity contribution < 1.29 is 22.8 Å². The van der Waals surface area contributed by atoms with Gasteiger partial charge in [-0.2, -0.15) is 13.2 Å². The van der Waals surface area contributed by atoms with Gasteiger partial charge in [-0.3, -0.25) is 9.59 Å². The molecule has 0 N–H and O–H groups in total. The van der Waals surface area contributed by atoms with Crippen molar-refractivity contribution in [1.82, 2.24) is 4.90 Å². The zero-order chi connectivity index (χ0) is 20.5. The predicted octanol–water partition coefficient (Wildman–Crippen LogP) is 5.47. The normalized spacial score (nSPS) is 20.1. The Labute approximate surface area is 166 Å². The Morgan fingerprint density at radius 3 is 2.46 bits per heavy atom. The summed E-state index contributed by atoms with van der Waals surface area (Å²) < 4.78 is 39.1. The van der Waals surface area contributed by atoms with Gasteiger partial charge in [0, 0.05) is 29.6 Å². The first kappa shape index (κ1) is 20.4. The SMILES string of the molecule is CN(C(=O)c1cccc(C(F)(F)F)c1)[C@]1(c2ccccc2Cl)CCCCC1=O. The monoisotopic (exact) mass is 409 g/mol. The molecule has 3 rings (SSSR count). The summed E-state index contributed by atoms with van der Waals surface area (Å²) in [5, 5.41) is 0.349. The first-order valence-electron chi connectivity index (χ1n) is 8.91. The topological polar surface area (TPSA) is 37.4 Å². The smallest absolute Gasteiger partial charge is 0.325 e. The van der Waals surface area contributed by atoms with Crippen LogP contribution in [0.3, 0.4) is 0 Å². The van der Waals surface area contributed by atoms with E-state index in [9.17, 15) is 22.8 Å². The molecule has 2 aromatic carbocycles. The lowest BCUT2D eigenvalue weighted by molar-refractivity contribution is -0.137. The second kappa shape index (κ2) is 7.59. The molecule has 1 aliphatic rings. The number of likely N-dealkylation sites (N-methyl/N-ethyl adjacent to an activating group) is 1. The van der Waals surface area contributed by atoms with Gasteiger partial charge in [-0.15, -0.1) is 0 Å². The molecule has 1 amide bonds. The van der Waals surface area contributed by atoms with Gasteiger partial charge in [0.25, 0.3) is 5.91 Å². The molecule has 0 bridgehead atoms. The van der Waals surface area contributed by atoms with Crippen LogP contribution < -0.4 is 0 Å². The van der Waals surface area contributed by atoms with Gasteiger partial charge in [-0.05, 0) is 43.5 Å². The average Bonchev–Trinajstić information content (AvgIpc) is 2.67. The number of alkyl halides is 3. The molecule has 3 nitrogen and oxygen atoms in total. The van der Waals surface area contributed by atoms with E-state index in [0.29, 0.717) is 29.8 Å². The number of hydrogen-bond acceptors (Lipinski definition) is 2. The van der Waals surface area contributed by atoms with Crippen LogP contribution in [0, 0.1) is 0 Å². The highest BCUT2D eigenvalue weighted by Gasteiger charge is 2.48. The fourth-order valence-electron chi connectivity index (χ4n) is 3.83. The third-order valence-electron chi connectivity index (χ3n) is 5.29. The summed E-state index contributed by atoms with van der Waals surface area (Å²) in [5.74, 6) is -0.809. The fourth-order valence-corrected chi connectivity index (χ4v) is 4.12. The van der Waals surface area contributed by atoms with Crippen LogP contribution in [-0.4, -0.2) is 23.6 Å². The van der Waals surface area contributed by atoms with E-state index in [0.717, 1.165) is 12.1 Å². The zero-order valence-electron chi connectivity index (χ0n) is 15.2. The van der Waals surface area contributed by atoms with Crippen molar-refractivity contribution in [2.75, 3.05) is 7.05 Å². The Balaban J connectivity index is 2.08. The minimum absolute atomic E-state index is 0.123. The highest BCUT2D eigenvalue weighted by molar-refractivity contribution is 6.31. The van der Waals surface area contributed by atoms with Gasteiger partial charge < -0.3 is 4.90 Å². The molecule has 1 atom stereocenters. The van der Waals surface area contributed by atoms with Gasteiger partial charge in [0.2, 0.25) is 0 Å². The molecule has 148 valence electrons. The number of nitrogens with zero attached hydrogens (tertiary/aromatic N) is 1. The number of Topliss-reactive ketones (excluding diaryl/α,β-unsaturated/α-hetero) is 1. The quantitative estimate of drug-likeness (QED) is 0.674. The van der Waals surface area contributed by atoms with Crippen LogP contribution in [0.15, 0.2) is 48.5 Å². The van der Waals surface area contributed by atoms with Crippen molar-refractivity contribution in [2.45, 2.75) is 37.4 Å². The van der Waals surface area contributed by atoms with E-state index in [1.165, 1.54) is 24.1 Å². The van der Waals surface area contributed by atoms with Crippen LogP contribution in [0.5, 0.6) is 0 Å². The Morgan fingerprint density at radius 1 is 1.11 bits per heavy atom. The van der Waals surface area contributed by atoms with E-state index in [2.05, 4.69) is 0 Å². The summed E-state index contributed by atoms with van der Waals surface area (Å²) in [4.78, 5) is 27.4. The van der Waals surface area contributed by atoms with Gasteiger partial charge in [0.15, 0.2) is 5.78 Å². The largest absolute Gasteiger partial charge is 0.416 e. The predicted molar refractivity (Wildman–Crippen MR) is 100 cm³/mol. The maximum Gasteiger partial charge on any atom is 0.416 e. The molecule has 2 aromatic rings. The van der Waals surface area contributed by atoms with Crippen molar-refractivity contribution in [3.05, 3.63) is 70.2 Å². The highest BCUT2D eigenvalue weighted by Crippen LogP contribution is 2.43. The van der Waals surface area contributed by atoms with Crippen LogP contribution in [0.4, 0.5) is 13.2 Å². The molecule has 0 unspecified atom stereocenters. The lowest BCUT2D eigenvalue weighted by atomic mass is 9.74. The van der Waals surface area contributed by atoms with Crippen molar-refractivity contribution in [3.8, 4) is 0 Å². The lowest BCUT2D eigenvalue weighted by Gasteiger charge is -2.44. The molecular weight excluding hydrogens is 391 g/mol. The van der Waals surface area contributed by atoms with Crippen LogP contribution in [-0.2, 0) is 16.5 Å². The standard InChI is InChI=1S/C21H19ClF3NO2/c1-26(19(28)14-7-6-8-15(13-14)21(23,24)25)20(12-5-4-11-18(20)27)16-9-2-3-10-17(16)22/h2-3,6-10,13H,4-5,11-12H2,1H3/t20-/m0/s1. The Bertz CT molecular complexity index is 913. The van der Waals surface area contributed by atoms with E-state index in [1.807, 2.05) is 0 Å². The maximum absolute atomic E-state index is 13.1. The van der Waals surface area contributed by atoms with E-state index in [1.54, 1.807) is 24.3 Å². The summed E-state index contributed by atoms with van der Waals surface area (Å²) in [6.07, 6.45) is -2.49. The van der Waals surface area contributed by atoms with Gasteiger partial charge in [0.1, 0.15) is 5.54 Å². The Hall–Kier alpha value is -2.34. The summed E-state index contributed by atoms with van der Waals surface area (Å²) in [7, 11) is 1.45. The number of benzene rings is 2. The van der Waals surface area contributed by atoms with Crippen LogP contribution in [0.25, 0.3) is 0 Å². The Morgan fingerprint density at radius 2 is 1.82 bits per heavy atom. The number of carbonyl (C=O) groups excluding carboxylic acids is 2. The summed E-state index contributed by atoms with van der Waals surface area (Å²) >= 11 is 6.35. The van der Waals surface area contributed by atoms with Gasteiger partial charge in [0.05, 0.1) is 5.56 Å². The van der Waals surface area contributed by atoms with Crippen LogP contribution >= 0.6 is 11.6 Å². The number of ketones is 1. The van der Waals surface area contributed by atoms with Crippen molar-refractivity contribution in [3.63, 3.8) is 0 Å². The summed E-state index contributed by atoms with van der Waals surface area (Å²) in [6, 6.07) is 11.0. The molecule has 0 spiro atoms. The average molecular weight is 410 g/mol. The molecule has 0 radical (unpaired) electrons. The molecule has 1 fully saturated rings. The first-order valence-corrected chi connectivity index (χ1v) is 9.29. The first-order chi connectivity index (χ1) is 13.2. The zero-order valence-corrected chi connectivity index (χ0v) is 16.0. The minimum Gasteiger partial charge on any atom is -0.325 e. The number of rotatable bonds is 3. The van der Waals surface area contributed by atoms with E-state index in [-0.39, 0.29) is 17.8 Å². The molecule has 1 saturated carbocycles. The number of halogens is 4. The van der Waals surface area contributed by atoms with Gasteiger partial charge in [-0.1, -0.05) is 35.9 Å². The summed E-state index contributed by atoms with van der Waals surface area (Å²) in [5.41, 5.74) is -1.82. The second-order valence-electron chi connectivity index (χ2n) is 6.91. The van der Waals surface area contributed by atoms with Crippen molar-refractivity contribution in [1.29, 1.82) is 0 Å². The van der Waals surface area contributed by atoms with Crippen LogP contribution in [0.1, 0.15) is 47.2 Å². The third-order valence-corrected chi connectivity index (χ3v) is 5.62. The third kappa shape index (κ3) is 3.53. The van der Waals surface area contributed by atoms with E-state index >= 15 is 0 Å². The fraction of sp³-hybridized carbons (Fsp3) is 0.333. The highest BCUT2D eigenvalue weighted by atomic mass is 35.5. The lowest BCUT2D eigenvalue weighted by Crippen LogP contribution is -2.54. The molecule has 0 aromatic heterocycles. The summed E-state index contributed by atoms with van der Waals surface area (Å²) in [6.45, 7) is 0. The maximum atomic E-state index is 13.1. The van der Waals surface area contributed by atoms with Crippen molar-refractivity contribution >= 4 is 23.3 Å². The molecule has 0 saturated heterocycles. The van der Waals surface area contributed by atoms with E-state index < -0.39 is 23.2 Å². The van der Waals surface area contributed by atoms with Gasteiger partial charge >= 0.3 is 6.18 Å². The molecule has 1 aliphatic carbocycles. The van der Waals surface area contributed by atoms with Crippen molar-refractivity contribution in [2.24, 2.45) is 0 Å². The van der Waals surface area contributed by atoms with Crippen LogP contribution in [0.2, 0.25) is 5.02 Å². The molecule has 28 heavy (non-hydrogen) atoms. The molecular formula is C21H19ClF3NO2. The molecule has 0 heterocycles. The van der Waals surface area contributed by atoms with Gasteiger partial charge in [-0.25, -0.2) is 0 Å².